The molecule has 0 N–H and O–H groups in total. The lowest BCUT2D eigenvalue weighted by atomic mass is 10.4. The Morgan fingerprint density at radius 2 is 1.69 bits per heavy atom. The Bertz CT molecular complexity index is 187. The Balaban J connectivity index is 3.81. The summed E-state index contributed by atoms with van der Waals surface area (Å²) in [6.07, 6.45) is 0. The van der Waals surface area contributed by atoms with Crippen molar-refractivity contribution in [1.82, 2.24) is 4.90 Å². The largest absolute Gasteiger partial charge is 0.380 e. The van der Waals surface area contributed by atoms with E-state index in [9.17, 15) is 0 Å². The predicted octanol–water partition coefficient (Wildman–Crippen LogP) is 1.49. The topological polar surface area (TPSA) is 45.5 Å². The molecule has 1 atom stereocenters. The molecule has 0 heterocycles. The van der Waals surface area contributed by atoms with E-state index in [-0.39, 0.29) is 0 Å². The summed E-state index contributed by atoms with van der Waals surface area (Å²) in [4.78, 5) is 2.09. The number of halogens is 1. The fourth-order valence-corrected chi connectivity index (χ4v) is 1.43. The highest BCUT2D eigenvalue weighted by molar-refractivity contribution is 6.22. The minimum atomic E-state index is -0.469. The highest BCUT2D eigenvalue weighted by Gasteiger charge is 2.10. The lowest BCUT2D eigenvalue weighted by Gasteiger charge is -2.22. The monoisotopic (exact) mass is 248 g/mol. The van der Waals surface area contributed by atoms with Gasteiger partial charge in [0.2, 0.25) is 0 Å². The zero-order chi connectivity index (χ0) is 12.2. The number of nitriles is 1. The van der Waals surface area contributed by atoms with Crippen molar-refractivity contribution < 1.29 is 9.47 Å². The Hall–Kier alpha value is -0.340. The van der Waals surface area contributed by atoms with Crippen molar-refractivity contribution >= 4 is 11.6 Å². The van der Waals surface area contributed by atoms with Crippen molar-refractivity contribution in [2.45, 2.75) is 19.2 Å². The Kier molecular flexibility index (Phi) is 10.9. The van der Waals surface area contributed by atoms with Gasteiger partial charge in [-0.15, -0.1) is 11.6 Å². The maximum Gasteiger partial charge on any atom is 0.133 e. The highest BCUT2D eigenvalue weighted by Crippen LogP contribution is 1.99. The molecule has 4 nitrogen and oxygen atoms in total. The summed E-state index contributed by atoms with van der Waals surface area (Å²) in [5.74, 6) is 0. The SMILES string of the molecule is CCOCCN(CCOCC)CC(Cl)C#N. The first-order valence-corrected chi connectivity index (χ1v) is 6.09. The molecule has 1 unspecified atom stereocenters. The zero-order valence-electron chi connectivity index (χ0n) is 10.1. The average Bonchev–Trinajstić information content (AvgIpc) is 2.29. The van der Waals surface area contributed by atoms with E-state index < -0.39 is 5.38 Å². The molecule has 0 aromatic carbocycles. The summed E-state index contributed by atoms with van der Waals surface area (Å²) >= 11 is 5.80. The highest BCUT2D eigenvalue weighted by atomic mass is 35.5. The normalized spacial score (nSPS) is 12.7. The van der Waals surface area contributed by atoms with Gasteiger partial charge < -0.3 is 9.47 Å². The summed E-state index contributed by atoms with van der Waals surface area (Å²) in [5, 5.41) is 8.19. The summed E-state index contributed by atoms with van der Waals surface area (Å²) in [6, 6.07) is 2.02. The second-order valence-electron chi connectivity index (χ2n) is 3.29. The number of hydrogen-bond acceptors (Lipinski definition) is 4. The quantitative estimate of drug-likeness (QED) is 0.434. The molecule has 94 valence electrons. The molecule has 0 aliphatic carbocycles. The van der Waals surface area contributed by atoms with Crippen LogP contribution >= 0.6 is 11.6 Å². The first-order chi connectivity index (χ1) is 7.74. The summed E-state index contributed by atoms with van der Waals surface area (Å²) in [6.45, 7) is 8.79. The van der Waals surface area contributed by atoms with E-state index in [0.717, 1.165) is 13.1 Å². The van der Waals surface area contributed by atoms with Crippen LogP contribution in [0.3, 0.4) is 0 Å². The van der Waals surface area contributed by atoms with Gasteiger partial charge in [-0.25, -0.2) is 0 Å². The number of nitrogens with zero attached hydrogens (tertiary/aromatic N) is 2. The average molecular weight is 249 g/mol. The van der Waals surface area contributed by atoms with Gasteiger partial charge in [-0.1, -0.05) is 0 Å². The molecule has 16 heavy (non-hydrogen) atoms. The van der Waals surface area contributed by atoms with Gasteiger partial charge >= 0.3 is 0 Å². The number of alkyl halides is 1. The van der Waals surface area contributed by atoms with Gasteiger partial charge in [0.15, 0.2) is 0 Å². The van der Waals surface area contributed by atoms with Crippen molar-refractivity contribution in [1.29, 1.82) is 5.26 Å². The number of hydrogen-bond donors (Lipinski definition) is 0. The third kappa shape index (κ3) is 8.93. The minimum absolute atomic E-state index is 0.469. The predicted molar refractivity (Wildman–Crippen MR) is 64.7 cm³/mol. The van der Waals surface area contributed by atoms with E-state index in [4.69, 9.17) is 26.3 Å². The number of ether oxygens (including phenoxy) is 2. The van der Waals surface area contributed by atoms with Gasteiger partial charge in [0.25, 0.3) is 0 Å². The van der Waals surface area contributed by atoms with Crippen LogP contribution in [0.25, 0.3) is 0 Å². The molecule has 0 fully saturated rings. The summed E-state index contributed by atoms with van der Waals surface area (Å²) in [7, 11) is 0. The molecular formula is C11H21ClN2O2. The van der Waals surface area contributed by atoms with Crippen LogP contribution in [0.15, 0.2) is 0 Å². The Labute approximate surface area is 103 Å². The van der Waals surface area contributed by atoms with Gasteiger partial charge in [-0.05, 0) is 13.8 Å². The van der Waals surface area contributed by atoms with Crippen molar-refractivity contribution in [3.63, 3.8) is 0 Å². The molecule has 0 saturated heterocycles. The van der Waals surface area contributed by atoms with Gasteiger partial charge in [-0.2, -0.15) is 5.26 Å². The second-order valence-corrected chi connectivity index (χ2v) is 3.82. The fourth-order valence-electron chi connectivity index (χ4n) is 1.24. The molecule has 0 rings (SSSR count). The van der Waals surface area contributed by atoms with Crippen LogP contribution in [0.5, 0.6) is 0 Å². The molecule has 5 heteroatoms. The van der Waals surface area contributed by atoms with E-state index in [1.807, 2.05) is 19.9 Å². The smallest absolute Gasteiger partial charge is 0.133 e. The van der Waals surface area contributed by atoms with Crippen molar-refractivity contribution in [3.8, 4) is 6.07 Å². The Morgan fingerprint density at radius 1 is 1.19 bits per heavy atom. The van der Waals surface area contributed by atoms with E-state index in [0.29, 0.717) is 33.0 Å². The van der Waals surface area contributed by atoms with Gasteiger partial charge in [-0.3, -0.25) is 4.90 Å². The zero-order valence-corrected chi connectivity index (χ0v) is 10.9. The van der Waals surface area contributed by atoms with Crippen LogP contribution < -0.4 is 0 Å². The van der Waals surface area contributed by atoms with Crippen LogP contribution in [0, 0.1) is 11.3 Å². The summed E-state index contributed by atoms with van der Waals surface area (Å²) in [5.41, 5.74) is 0. The lowest BCUT2D eigenvalue weighted by molar-refractivity contribution is 0.0841. The van der Waals surface area contributed by atoms with Crippen molar-refractivity contribution in [2.24, 2.45) is 0 Å². The Morgan fingerprint density at radius 3 is 2.06 bits per heavy atom. The van der Waals surface area contributed by atoms with Crippen LogP contribution in [-0.2, 0) is 9.47 Å². The van der Waals surface area contributed by atoms with Crippen LogP contribution in [0.1, 0.15) is 13.8 Å². The van der Waals surface area contributed by atoms with Crippen LogP contribution in [-0.4, -0.2) is 56.3 Å². The molecule has 0 saturated carbocycles. The lowest BCUT2D eigenvalue weighted by Crippen LogP contribution is -2.35. The molecule has 0 aromatic heterocycles. The third-order valence-electron chi connectivity index (χ3n) is 2.07. The molecule has 0 aliphatic rings. The van der Waals surface area contributed by atoms with Gasteiger partial charge in [0, 0.05) is 32.8 Å². The maximum atomic E-state index is 8.66. The first kappa shape index (κ1) is 15.7. The molecule has 0 radical (unpaired) electrons. The van der Waals surface area contributed by atoms with Crippen LogP contribution in [0.4, 0.5) is 0 Å². The standard InChI is InChI=1S/C11H21ClN2O2/c1-3-15-7-5-14(6-8-16-4-2)10-11(12)9-13/h11H,3-8,10H2,1-2H3. The van der Waals surface area contributed by atoms with Gasteiger partial charge in [0.05, 0.1) is 19.3 Å². The molecule has 0 aromatic rings. The van der Waals surface area contributed by atoms with Gasteiger partial charge in [0.1, 0.15) is 5.38 Å². The molecule has 0 amide bonds. The van der Waals surface area contributed by atoms with E-state index in [1.165, 1.54) is 0 Å². The fraction of sp³-hybridized carbons (Fsp3) is 0.909. The van der Waals surface area contributed by atoms with Crippen LogP contribution in [0.2, 0.25) is 0 Å². The minimum Gasteiger partial charge on any atom is -0.380 e. The third-order valence-corrected chi connectivity index (χ3v) is 2.31. The molecular weight excluding hydrogens is 228 g/mol. The molecule has 0 bridgehead atoms. The first-order valence-electron chi connectivity index (χ1n) is 5.66. The van der Waals surface area contributed by atoms with E-state index in [1.54, 1.807) is 0 Å². The molecule has 0 aliphatic heterocycles. The van der Waals surface area contributed by atoms with Crippen molar-refractivity contribution in [3.05, 3.63) is 0 Å². The summed E-state index contributed by atoms with van der Waals surface area (Å²) < 4.78 is 10.6. The molecule has 0 spiro atoms. The van der Waals surface area contributed by atoms with Crippen molar-refractivity contribution in [2.75, 3.05) is 46.1 Å². The second kappa shape index (κ2) is 11.2. The number of rotatable bonds is 10. The maximum absolute atomic E-state index is 8.66. The van der Waals surface area contributed by atoms with E-state index in [2.05, 4.69) is 4.90 Å². The van der Waals surface area contributed by atoms with E-state index >= 15 is 0 Å².